The van der Waals surface area contributed by atoms with Crippen LogP contribution < -0.4 is 0 Å². The molecule has 1 fully saturated rings. The molecule has 1 aliphatic heterocycles. The minimum atomic E-state index is -0.796. The summed E-state index contributed by atoms with van der Waals surface area (Å²) in [5, 5.41) is 9.37. The summed E-state index contributed by atoms with van der Waals surface area (Å²) >= 11 is 0. The van der Waals surface area contributed by atoms with E-state index in [-0.39, 0.29) is 0 Å². The average Bonchev–Trinajstić information content (AvgIpc) is 2.33. The molecular formula is C13H17NO3. The maximum absolute atomic E-state index is 11.4. The molecule has 0 bridgehead atoms. The Bertz CT molecular complexity index is 382. The Hall–Kier alpha value is -1.39. The van der Waals surface area contributed by atoms with Crippen molar-refractivity contribution in [2.75, 3.05) is 26.3 Å². The largest absolute Gasteiger partial charge is 0.480 e. The fourth-order valence-electron chi connectivity index (χ4n) is 2.09. The van der Waals surface area contributed by atoms with Crippen LogP contribution in [-0.2, 0) is 9.53 Å². The minimum Gasteiger partial charge on any atom is -0.480 e. The summed E-state index contributed by atoms with van der Waals surface area (Å²) in [4.78, 5) is 13.4. The van der Waals surface area contributed by atoms with Gasteiger partial charge in [0.1, 0.15) is 6.04 Å². The van der Waals surface area contributed by atoms with Crippen molar-refractivity contribution in [2.24, 2.45) is 0 Å². The fraction of sp³-hybridized carbons (Fsp3) is 0.462. The summed E-state index contributed by atoms with van der Waals surface area (Å²) in [5.74, 6) is -0.796. The maximum atomic E-state index is 11.4. The number of morpholine rings is 1. The lowest BCUT2D eigenvalue weighted by Crippen LogP contribution is -2.42. The highest BCUT2D eigenvalue weighted by molar-refractivity contribution is 5.75. The van der Waals surface area contributed by atoms with E-state index in [1.54, 1.807) is 0 Å². The number of nitrogens with zero attached hydrogens (tertiary/aromatic N) is 1. The van der Waals surface area contributed by atoms with Crippen LogP contribution in [0.2, 0.25) is 0 Å². The number of aliphatic carboxylic acids is 1. The van der Waals surface area contributed by atoms with E-state index in [1.165, 1.54) is 0 Å². The SMILES string of the molecule is Cc1ccc([C@H](C(=O)O)N2CCOCC2)cc1. The van der Waals surface area contributed by atoms with Crippen molar-refractivity contribution in [2.45, 2.75) is 13.0 Å². The van der Waals surface area contributed by atoms with Crippen molar-refractivity contribution in [1.82, 2.24) is 4.90 Å². The van der Waals surface area contributed by atoms with Crippen molar-refractivity contribution >= 4 is 5.97 Å². The molecule has 4 heteroatoms. The van der Waals surface area contributed by atoms with Gasteiger partial charge in [0.15, 0.2) is 0 Å². The van der Waals surface area contributed by atoms with Crippen molar-refractivity contribution in [3.8, 4) is 0 Å². The molecule has 92 valence electrons. The highest BCUT2D eigenvalue weighted by Gasteiger charge is 2.28. The first-order valence-corrected chi connectivity index (χ1v) is 5.79. The van der Waals surface area contributed by atoms with Gasteiger partial charge in [-0.2, -0.15) is 0 Å². The van der Waals surface area contributed by atoms with Gasteiger partial charge in [-0.05, 0) is 12.5 Å². The highest BCUT2D eigenvalue weighted by atomic mass is 16.5. The molecule has 0 aromatic heterocycles. The third kappa shape index (κ3) is 2.84. The first kappa shape index (κ1) is 12.1. The third-order valence-corrected chi connectivity index (χ3v) is 3.04. The number of benzene rings is 1. The molecular weight excluding hydrogens is 218 g/mol. The van der Waals surface area contributed by atoms with Crippen LogP contribution in [0.4, 0.5) is 0 Å². The first-order chi connectivity index (χ1) is 8.18. The standard InChI is InChI=1S/C13H17NO3/c1-10-2-4-11(5-3-10)12(13(15)16)14-6-8-17-9-7-14/h2-5,12H,6-9H2,1H3,(H,15,16)/t12-/m1/s1. The number of carbonyl (C=O) groups is 1. The van der Waals surface area contributed by atoms with Gasteiger partial charge in [0.25, 0.3) is 0 Å². The molecule has 0 radical (unpaired) electrons. The van der Waals surface area contributed by atoms with Gasteiger partial charge in [0.05, 0.1) is 13.2 Å². The van der Waals surface area contributed by atoms with Crippen LogP contribution in [0.3, 0.4) is 0 Å². The van der Waals surface area contributed by atoms with Crippen LogP contribution in [-0.4, -0.2) is 42.3 Å². The van der Waals surface area contributed by atoms with Gasteiger partial charge in [-0.3, -0.25) is 9.69 Å². The molecule has 2 rings (SSSR count). The van der Waals surface area contributed by atoms with E-state index in [1.807, 2.05) is 36.1 Å². The molecule has 1 N–H and O–H groups in total. The number of ether oxygens (including phenoxy) is 1. The zero-order valence-corrected chi connectivity index (χ0v) is 9.93. The van der Waals surface area contributed by atoms with Gasteiger partial charge in [0, 0.05) is 13.1 Å². The molecule has 1 heterocycles. The highest BCUT2D eigenvalue weighted by Crippen LogP contribution is 2.22. The van der Waals surface area contributed by atoms with Crippen LogP contribution in [0, 0.1) is 6.92 Å². The van der Waals surface area contributed by atoms with Crippen LogP contribution in [0.25, 0.3) is 0 Å². The van der Waals surface area contributed by atoms with Gasteiger partial charge in [-0.25, -0.2) is 0 Å². The smallest absolute Gasteiger partial charge is 0.325 e. The van der Waals surface area contributed by atoms with Gasteiger partial charge in [0.2, 0.25) is 0 Å². The summed E-state index contributed by atoms with van der Waals surface area (Å²) < 4.78 is 5.25. The monoisotopic (exact) mass is 235 g/mol. The first-order valence-electron chi connectivity index (χ1n) is 5.79. The Kier molecular flexibility index (Phi) is 3.76. The zero-order valence-electron chi connectivity index (χ0n) is 9.93. The van der Waals surface area contributed by atoms with Crippen molar-refractivity contribution < 1.29 is 14.6 Å². The molecule has 4 nitrogen and oxygen atoms in total. The molecule has 1 aliphatic rings. The summed E-state index contributed by atoms with van der Waals surface area (Å²) in [7, 11) is 0. The van der Waals surface area contributed by atoms with Crippen LogP contribution in [0.1, 0.15) is 17.2 Å². The Labute approximate surface area is 101 Å². The fourth-order valence-corrected chi connectivity index (χ4v) is 2.09. The van der Waals surface area contributed by atoms with Crippen molar-refractivity contribution in [3.05, 3.63) is 35.4 Å². The topological polar surface area (TPSA) is 49.8 Å². The van der Waals surface area contributed by atoms with Gasteiger partial charge in [-0.15, -0.1) is 0 Å². The second-order valence-corrected chi connectivity index (χ2v) is 4.30. The number of carboxylic acids is 1. The predicted molar refractivity (Wildman–Crippen MR) is 63.9 cm³/mol. The van der Waals surface area contributed by atoms with Crippen LogP contribution >= 0.6 is 0 Å². The molecule has 1 aromatic rings. The normalized spacial score (nSPS) is 18.9. The van der Waals surface area contributed by atoms with Gasteiger partial charge >= 0.3 is 5.97 Å². The zero-order chi connectivity index (χ0) is 12.3. The lowest BCUT2D eigenvalue weighted by atomic mass is 10.0. The predicted octanol–water partition coefficient (Wildman–Crippen LogP) is 1.45. The van der Waals surface area contributed by atoms with Crippen molar-refractivity contribution in [1.29, 1.82) is 0 Å². The number of hydrogen-bond acceptors (Lipinski definition) is 3. The summed E-state index contributed by atoms with van der Waals surface area (Å²) in [5.41, 5.74) is 1.98. The Morgan fingerprint density at radius 3 is 2.41 bits per heavy atom. The molecule has 1 saturated heterocycles. The van der Waals surface area contributed by atoms with E-state index >= 15 is 0 Å². The summed E-state index contributed by atoms with van der Waals surface area (Å²) in [6.45, 7) is 4.55. The second kappa shape index (κ2) is 5.29. The molecule has 0 spiro atoms. The molecule has 0 aliphatic carbocycles. The minimum absolute atomic E-state index is 0.556. The van der Waals surface area contributed by atoms with E-state index in [9.17, 15) is 9.90 Å². The van der Waals surface area contributed by atoms with Crippen molar-refractivity contribution in [3.63, 3.8) is 0 Å². The number of aryl methyl sites for hydroxylation is 1. The Morgan fingerprint density at radius 2 is 1.88 bits per heavy atom. The number of hydrogen-bond donors (Lipinski definition) is 1. The Morgan fingerprint density at radius 1 is 1.29 bits per heavy atom. The molecule has 1 aromatic carbocycles. The van der Waals surface area contributed by atoms with Crippen LogP contribution in [0.5, 0.6) is 0 Å². The Balaban J connectivity index is 2.21. The molecule has 0 unspecified atom stereocenters. The number of carboxylic acid groups (broad SMARTS) is 1. The van der Waals surface area contributed by atoms with Gasteiger partial charge in [-0.1, -0.05) is 29.8 Å². The molecule has 0 saturated carbocycles. The summed E-state index contributed by atoms with van der Waals surface area (Å²) in [6, 6.07) is 7.13. The van der Waals surface area contributed by atoms with E-state index in [0.717, 1.165) is 11.1 Å². The average molecular weight is 235 g/mol. The molecule has 0 amide bonds. The lowest BCUT2D eigenvalue weighted by molar-refractivity contribution is -0.145. The van der Waals surface area contributed by atoms with E-state index in [4.69, 9.17) is 4.74 Å². The quantitative estimate of drug-likeness (QED) is 0.861. The molecule has 1 atom stereocenters. The third-order valence-electron chi connectivity index (χ3n) is 3.04. The van der Waals surface area contributed by atoms with Crippen LogP contribution in [0.15, 0.2) is 24.3 Å². The summed E-state index contributed by atoms with van der Waals surface area (Å²) in [6.07, 6.45) is 0. The molecule has 17 heavy (non-hydrogen) atoms. The number of rotatable bonds is 3. The van der Waals surface area contributed by atoms with E-state index < -0.39 is 12.0 Å². The lowest BCUT2D eigenvalue weighted by Gasteiger charge is -2.32. The van der Waals surface area contributed by atoms with Gasteiger partial charge < -0.3 is 9.84 Å². The maximum Gasteiger partial charge on any atom is 0.325 e. The van der Waals surface area contributed by atoms with E-state index in [2.05, 4.69) is 0 Å². The second-order valence-electron chi connectivity index (χ2n) is 4.30. The van der Waals surface area contributed by atoms with E-state index in [0.29, 0.717) is 26.3 Å².